The topological polar surface area (TPSA) is 18.5 Å². The molecule has 0 aliphatic carbocycles. The van der Waals surface area contributed by atoms with E-state index in [2.05, 4.69) is 37.4 Å². The van der Waals surface area contributed by atoms with Crippen molar-refractivity contribution < 1.29 is 8.85 Å². The highest BCUT2D eigenvalue weighted by Crippen LogP contribution is 2.12. The minimum atomic E-state index is -2.20. The van der Waals surface area contributed by atoms with Crippen LogP contribution in [0, 0.1) is 0 Å². The molecule has 0 atom stereocenters. The minimum absolute atomic E-state index is 1.11. The van der Waals surface area contributed by atoms with Crippen molar-refractivity contribution in [1.29, 1.82) is 0 Å². The Morgan fingerprint density at radius 2 is 1.24 bits per heavy atom. The summed E-state index contributed by atoms with van der Waals surface area (Å²) in [5.74, 6) is 0. The van der Waals surface area contributed by atoms with E-state index in [9.17, 15) is 0 Å². The zero-order chi connectivity index (χ0) is 13.0. The predicted octanol–water partition coefficient (Wildman–Crippen LogP) is 4.29. The molecule has 0 aliphatic rings. The van der Waals surface area contributed by atoms with E-state index in [-0.39, 0.29) is 0 Å². The first-order valence-electron chi connectivity index (χ1n) is 6.70. The van der Waals surface area contributed by atoms with Crippen molar-refractivity contribution >= 4 is 8.56 Å². The van der Waals surface area contributed by atoms with Crippen molar-refractivity contribution in [3.8, 4) is 0 Å². The zero-order valence-electron chi connectivity index (χ0n) is 11.9. The fraction of sp³-hybridized carbons (Fsp3) is 0.714. The van der Waals surface area contributed by atoms with E-state index in [0.717, 1.165) is 12.8 Å². The van der Waals surface area contributed by atoms with Crippen LogP contribution in [0.15, 0.2) is 23.6 Å². The molecule has 0 amide bonds. The van der Waals surface area contributed by atoms with E-state index >= 15 is 0 Å². The fourth-order valence-corrected chi connectivity index (χ4v) is 3.36. The van der Waals surface area contributed by atoms with Gasteiger partial charge in [0.15, 0.2) is 0 Å². The average Bonchev–Trinajstić information content (AvgIpc) is 2.37. The maximum Gasteiger partial charge on any atom is 0.390 e. The predicted molar refractivity (Wildman–Crippen MR) is 77.1 cm³/mol. The van der Waals surface area contributed by atoms with Gasteiger partial charge in [-0.15, -0.1) is 0 Å². The van der Waals surface area contributed by atoms with Crippen LogP contribution in [0.4, 0.5) is 0 Å². The van der Waals surface area contributed by atoms with Crippen LogP contribution in [0.3, 0.4) is 0 Å². The molecule has 0 spiro atoms. The molecule has 0 aromatic carbocycles. The van der Waals surface area contributed by atoms with E-state index in [4.69, 9.17) is 8.85 Å². The average molecular weight is 256 g/mol. The molecule has 0 unspecified atom stereocenters. The SMILES string of the molecule is CCCCC=C[Si](C=CCCCC)(OC)OC. The lowest BCUT2D eigenvalue weighted by atomic mass is 10.2. The van der Waals surface area contributed by atoms with Gasteiger partial charge >= 0.3 is 8.56 Å². The fourth-order valence-electron chi connectivity index (χ4n) is 1.55. The van der Waals surface area contributed by atoms with E-state index in [0.29, 0.717) is 0 Å². The quantitative estimate of drug-likeness (QED) is 0.429. The molecule has 0 aromatic rings. The summed E-state index contributed by atoms with van der Waals surface area (Å²) < 4.78 is 11.2. The number of unbranched alkanes of at least 4 members (excludes halogenated alkanes) is 4. The van der Waals surface area contributed by atoms with Crippen molar-refractivity contribution in [3.63, 3.8) is 0 Å². The van der Waals surface area contributed by atoms with E-state index < -0.39 is 8.56 Å². The molecule has 0 radical (unpaired) electrons. The van der Waals surface area contributed by atoms with Gasteiger partial charge in [0.25, 0.3) is 0 Å². The summed E-state index contributed by atoms with van der Waals surface area (Å²) in [5, 5.41) is 0. The first kappa shape index (κ1) is 16.6. The van der Waals surface area contributed by atoms with Crippen LogP contribution in [0.5, 0.6) is 0 Å². The van der Waals surface area contributed by atoms with Gasteiger partial charge in [-0.2, -0.15) is 0 Å². The van der Waals surface area contributed by atoms with Gasteiger partial charge < -0.3 is 8.85 Å². The van der Waals surface area contributed by atoms with Gasteiger partial charge in [-0.1, -0.05) is 51.7 Å². The smallest absolute Gasteiger partial charge is 0.390 e. The van der Waals surface area contributed by atoms with Crippen LogP contribution in [0.1, 0.15) is 52.4 Å². The maximum atomic E-state index is 5.59. The first-order valence-corrected chi connectivity index (χ1v) is 8.67. The maximum absolute atomic E-state index is 5.59. The van der Waals surface area contributed by atoms with Crippen molar-refractivity contribution in [2.24, 2.45) is 0 Å². The number of hydrogen-bond donors (Lipinski definition) is 0. The summed E-state index contributed by atoms with van der Waals surface area (Å²) in [6.45, 7) is 4.41. The van der Waals surface area contributed by atoms with E-state index in [1.165, 1.54) is 25.7 Å². The highest BCUT2D eigenvalue weighted by atomic mass is 28.4. The Morgan fingerprint density at radius 1 is 0.824 bits per heavy atom. The summed E-state index contributed by atoms with van der Waals surface area (Å²) in [4.78, 5) is 0. The normalized spacial score (nSPS) is 12.9. The molecule has 2 nitrogen and oxygen atoms in total. The Labute approximate surface area is 108 Å². The summed E-state index contributed by atoms with van der Waals surface area (Å²) in [6.07, 6.45) is 11.5. The lowest BCUT2D eigenvalue weighted by Crippen LogP contribution is -2.36. The van der Waals surface area contributed by atoms with Crippen LogP contribution in [0.25, 0.3) is 0 Å². The molecule has 0 fully saturated rings. The Hall–Kier alpha value is -0.383. The lowest BCUT2D eigenvalue weighted by Gasteiger charge is -2.19. The van der Waals surface area contributed by atoms with E-state index in [1.54, 1.807) is 14.2 Å². The van der Waals surface area contributed by atoms with Crippen LogP contribution in [0.2, 0.25) is 0 Å². The highest BCUT2D eigenvalue weighted by Gasteiger charge is 2.28. The Kier molecular flexibility index (Phi) is 10.5. The van der Waals surface area contributed by atoms with Crippen molar-refractivity contribution in [2.45, 2.75) is 52.4 Å². The molecule has 0 N–H and O–H groups in total. The third kappa shape index (κ3) is 7.52. The molecular weight excluding hydrogens is 228 g/mol. The summed E-state index contributed by atoms with van der Waals surface area (Å²) in [6, 6.07) is 0. The molecule has 100 valence electrons. The van der Waals surface area contributed by atoms with Crippen molar-refractivity contribution in [1.82, 2.24) is 0 Å². The Morgan fingerprint density at radius 3 is 1.53 bits per heavy atom. The van der Waals surface area contributed by atoms with Crippen molar-refractivity contribution in [3.05, 3.63) is 23.6 Å². The van der Waals surface area contributed by atoms with Gasteiger partial charge in [0.2, 0.25) is 0 Å². The second-order valence-electron chi connectivity index (χ2n) is 4.22. The standard InChI is InChI=1S/C14H28O2Si/c1-5-7-9-11-13-17(15-3,16-4)14-12-10-8-6-2/h11-14H,5-10H2,1-4H3. The van der Waals surface area contributed by atoms with Gasteiger partial charge in [0, 0.05) is 14.2 Å². The Balaban J connectivity index is 4.33. The molecule has 0 aliphatic heterocycles. The number of allylic oxidation sites excluding steroid dienone is 2. The summed E-state index contributed by atoms with van der Waals surface area (Å²) >= 11 is 0. The van der Waals surface area contributed by atoms with Crippen LogP contribution >= 0.6 is 0 Å². The molecule has 0 rings (SSSR count). The van der Waals surface area contributed by atoms with Gasteiger partial charge in [-0.3, -0.25) is 0 Å². The lowest BCUT2D eigenvalue weighted by molar-refractivity contribution is 0.269. The molecular formula is C14H28O2Si. The highest BCUT2D eigenvalue weighted by molar-refractivity contribution is 6.77. The van der Waals surface area contributed by atoms with Crippen molar-refractivity contribution in [2.75, 3.05) is 14.2 Å². The number of rotatable bonds is 10. The second kappa shape index (κ2) is 10.8. The van der Waals surface area contributed by atoms with E-state index in [1.807, 2.05) is 0 Å². The minimum Gasteiger partial charge on any atom is -0.392 e. The van der Waals surface area contributed by atoms with Crippen LogP contribution < -0.4 is 0 Å². The zero-order valence-corrected chi connectivity index (χ0v) is 12.9. The van der Waals surface area contributed by atoms with Gasteiger partial charge in [-0.25, -0.2) is 0 Å². The molecule has 17 heavy (non-hydrogen) atoms. The number of hydrogen-bond acceptors (Lipinski definition) is 2. The summed E-state index contributed by atoms with van der Waals surface area (Å²) in [5.41, 5.74) is 4.29. The largest absolute Gasteiger partial charge is 0.392 e. The molecule has 3 heteroatoms. The molecule has 0 saturated carbocycles. The molecule has 0 bridgehead atoms. The van der Waals surface area contributed by atoms with Gasteiger partial charge in [-0.05, 0) is 24.2 Å². The molecule has 0 saturated heterocycles. The van der Waals surface area contributed by atoms with Gasteiger partial charge in [0.1, 0.15) is 0 Å². The third-order valence-electron chi connectivity index (χ3n) is 2.79. The summed E-state index contributed by atoms with van der Waals surface area (Å²) in [7, 11) is 1.28. The third-order valence-corrected chi connectivity index (χ3v) is 5.46. The second-order valence-corrected chi connectivity index (χ2v) is 7.14. The van der Waals surface area contributed by atoms with Gasteiger partial charge in [0.05, 0.1) is 0 Å². The van der Waals surface area contributed by atoms with Crippen LogP contribution in [-0.4, -0.2) is 22.8 Å². The first-order chi connectivity index (χ1) is 8.24. The monoisotopic (exact) mass is 256 g/mol. The Bertz CT molecular complexity index is 200. The van der Waals surface area contributed by atoms with Crippen LogP contribution in [-0.2, 0) is 8.85 Å². The molecule has 0 heterocycles. The molecule has 0 aromatic heterocycles.